The molecule has 118 valence electrons. The van der Waals surface area contributed by atoms with Crippen LogP contribution in [0.25, 0.3) is 21.2 Å². The second-order valence-electron chi connectivity index (χ2n) is 6.34. The number of carbonyl (C=O) groups is 1. The Kier molecular flexibility index (Phi) is 4.51. The first-order valence-electron chi connectivity index (χ1n) is 7.22. The van der Waals surface area contributed by atoms with Crippen molar-refractivity contribution in [1.82, 2.24) is 0 Å². The SMILES string of the molecule is [C-]#[N+]c1cc2cc(/C(C)=C/C(=O)OC(C)(C)C)ccc2cc1F. The Balaban J connectivity index is 2.38. The van der Waals surface area contributed by atoms with Crippen LogP contribution in [0.3, 0.4) is 0 Å². The van der Waals surface area contributed by atoms with Crippen LogP contribution in [0.4, 0.5) is 10.1 Å². The largest absolute Gasteiger partial charge is 0.457 e. The van der Waals surface area contributed by atoms with E-state index in [0.29, 0.717) is 5.39 Å². The van der Waals surface area contributed by atoms with Gasteiger partial charge in [0.2, 0.25) is 5.69 Å². The summed E-state index contributed by atoms with van der Waals surface area (Å²) in [6.45, 7) is 14.2. The van der Waals surface area contributed by atoms with E-state index >= 15 is 0 Å². The average molecular weight is 311 g/mol. The van der Waals surface area contributed by atoms with Crippen LogP contribution in [-0.2, 0) is 9.53 Å². The molecule has 0 atom stereocenters. The highest BCUT2D eigenvalue weighted by Crippen LogP contribution is 2.28. The molecule has 0 bridgehead atoms. The summed E-state index contributed by atoms with van der Waals surface area (Å²) in [7, 11) is 0. The summed E-state index contributed by atoms with van der Waals surface area (Å²) in [5, 5.41) is 1.47. The number of hydrogen-bond donors (Lipinski definition) is 0. The monoisotopic (exact) mass is 311 g/mol. The molecule has 0 aliphatic heterocycles. The molecule has 0 amide bonds. The summed E-state index contributed by atoms with van der Waals surface area (Å²) >= 11 is 0. The Hall–Kier alpha value is -2.67. The number of ether oxygens (including phenoxy) is 1. The zero-order chi connectivity index (χ0) is 17.2. The fraction of sp³-hybridized carbons (Fsp3) is 0.263. The Morgan fingerprint density at radius 1 is 1.22 bits per heavy atom. The lowest BCUT2D eigenvalue weighted by molar-refractivity contribution is -0.148. The summed E-state index contributed by atoms with van der Waals surface area (Å²) in [6.07, 6.45) is 1.44. The molecule has 0 aromatic heterocycles. The third-order valence-corrected chi connectivity index (χ3v) is 3.22. The fourth-order valence-corrected chi connectivity index (χ4v) is 2.18. The van der Waals surface area contributed by atoms with Gasteiger partial charge >= 0.3 is 5.97 Å². The lowest BCUT2D eigenvalue weighted by Crippen LogP contribution is -2.22. The lowest BCUT2D eigenvalue weighted by Gasteiger charge is -2.18. The van der Waals surface area contributed by atoms with E-state index in [1.54, 1.807) is 6.07 Å². The highest BCUT2D eigenvalue weighted by Gasteiger charge is 2.15. The summed E-state index contributed by atoms with van der Waals surface area (Å²) in [5.41, 5.74) is 1.02. The van der Waals surface area contributed by atoms with E-state index in [9.17, 15) is 9.18 Å². The van der Waals surface area contributed by atoms with Gasteiger partial charge in [-0.1, -0.05) is 12.1 Å². The van der Waals surface area contributed by atoms with Gasteiger partial charge in [-0.25, -0.2) is 14.0 Å². The maximum atomic E-state index is 13.6. The topological polar surface area (TPSA) is 30.7 Å². The smallest absolute Gasteiger partial charge is 0.331 e. The Labute approximate surface area is 135 Å². The fourth-order valence-electron chi connectivity index (χ4n) is 2.18. The van der Waals surface area contributed by atoms with Gasteiger partial charge in [-0.15, -0.1) is 0 Å². The van der Waals surface area contributed by atoms with Crippen LogP contribution < -0.4 is 0 Å². The molecule has 2 aromatic rings. The van der Waals surface area contributed by atoms with Gasteiger partial charge in [0.05, 0.1) is 6.57 Å². The second-order valence-corrected chi connectivity index (χ2v) is 6.34. The third-order valence-electron chi connectivity index (χ3n) is 3.22. The predicted octanol–water partition coefficient (Wildman–Crippen LogP) is 5.27. The van der Waals surface area contributed by atoms with E-state index in [4.69, 9.17) is 11.3 Å². The van der Waals surface area contributed by atoms with Crippen molar-refractivity contribution in [3.8, 4) is 0 Å². The van der Waals surface area contributed by atoms with E-state index in [0.717, 1.165) is 16.5 Å². The number of halogens is 1. The molecule has 0 aliphatic rings. The van der Waals surface area contributed by atoms with Crippen molar-refractivity contribution in [2.45, 2.75) is 33.3 Å². The molecule has 0 saturated carbocycles. The Morgan fingerprint density at radius 2 is 1.91 bits per heavy atom. The standard InChI is InChI=1S/C19H18FNO2/c1-12(8-18(22)23-19(2,3)4)13-6-7-14-10-16(20)17(21-5)11-15(14)9-13/h6-11H,1-4H3/b12-8+. The molecule has 0 saturated heterocycles. The highest BCUT2D eigenvalue weighted by atomic mass is 19.1. The van der Waals surface area contributed by atoms with Crippen LogP contribution in [-0.4, -0.2) is 11.6 Å². The van der Waals surface area contributed by atoms with Gasteiger partial charge in [0, 0.05) is 6.08 Å². The number of allylic oxidation sites excluding steroid dienone is 1. The van der Waals surface area contributed by atoms with Crippen LogP contribution in [0.2, 0.25) is 0 Å². The first-order valence-corrected chi connectivity index (χ1v) is 7.22. The van der Waals surface area contributed by atoms with Gasteiger partial charge in [-0.05, 0) is 67.8 Å². The van der Waals surface area contributed by atoms with Crippen molar-refractivity contribution in [2.24, 2.45) is 0 Å². The highest BCUT2D eigenvalue weighted by molar-refractivity contribution is 5.94. The number of carbonyl (C=O) groups excluding carboxylic acids is 1. The zero-order valence-corrected chi connectivity index (χ0v) is 13.6. The molecule has 0 spiro atoms. The van der Waals surface area contributed by atoms with E-state index < -0.39 is 17.4 Å². The molecule has 0 aliphatic carbocycles. The van der Waals surface area contributed by atoms with Gasteiger partial charge in [0.15, 0.2) is 0 Å². The van der Waals surface area contributed by atoms with Crippen LogP contribution in [0.5, 0.6) is 0 Å². The minimum Gasteiger partial charge on any atom is -0.457 e. The van der Waals surface area contributed by atoms with Gasteiger partial charge in [0.1, 0.15) is 11.4 Å². The maximum Gasteiger partial charge on any atom is 0.331 e. The van der Waals surface area contributed by atoms with Gasteiger partial charge < -0.3 is 4.74 Å². The quantitative estimate of drug-likeness (QED) is 0.429. The Bertz CT molecular complexity index is 839. The zero-order valence-electron chi connectivity index (χ0n) is 13.6. The van der Waals surface area contributed by atoms with E-state index in [-0.39, 0.29) is 5.69 Å². The first-order chi connectivity index (χ1) is 10.7. The van der Waals surface area contributed by atoms with E-state index in [2.05, 4.69) is 4.85 Å². The molecule has 0 radical (unpaired) electrons. The van der Waals surface area contributed by atoms with E-state index in [1.165, 1.54) is 18.2 Å². The molecule has 0 N–H and O–H groups in total. The summed E-state index contributed by atoms with van der Waals surface area (Å²) in [6, 6.07) is 8.28. The molecule has 4 heteroatoms. The Morgan fingerprint density at radius 3 is 2.52 bits per heavy atom. The number of fused-ring (bicyclic) bond motifs is 1. The second kappa shape index (κ2) is 6.21. The molecule has 2 aromatic carbocycles. The van der Waals surface area contributed by atoms with Gasteiger partial charge in [-0.3, -0.25) is 0 Å². The minimum absolute atomic E-state index is 0.0107. The van der Waals surface area contributed by atoms with Crippen molar-refractivity contribution in [2.75, 3.05) is 0 Å². The van der Waals surface area contributed by atoms with Crippen LogP contribution >= 0.6 is 0 Å². The van der Waals surface area contributed by atoms with Crippen molar-refractivity contribution in [1.29, 1.82) is 0 Å². The number of hydrogen-bond acceptors (Lipinski definition) is 2. The number of rotatable bonds is 2. The maximum absolute atomic E-state index is 13.6. The number of esters is 1. The van der Waals surface area contributed by atoms with Crippen molar-refractivity contribution < 1.29 is 13.9 Å². The molecule has 0 unspecified atom stereocenters. The van der Waals surface area contributed by atoms with Crippen LogP contribution in [0.15, 0.2) is 36.4 Å². The molecule has 0 heterocycles. The number of benzene rings is 2. The molecule has 3 nitrogen and oxygen atoms in total. The van der Waals surface area contributed by atoms with Crippen molar-refractivity contribution in [3.05, 3.63) is 59.2 Å². The molecule has 23 heavy (non-hydrogen) atoms. The predicted molar refractivity (Wildman–Crippen MR) is 89.7 cm³/mol. The third kappa shape index (κ3) is 4.17. The van der Waals surface area contributed by atoms with Gasteiger partial charge in [0.25, 0.3) is 0 Å². The molecule has 0 fully saturated rings. The average Bonchev–Trinajstić information content (AvgIpc) is 2.43. The van der Waals surface area contributed by atoms with E-state index in [1.807, 2.05) is 39.8 Å². The first kappa shape index (κ1) is 16.7. The minimum atomic E-state index is -0.542. The lowest BCUT2D eigenvalue weighted by atomic mass is 10.0. The van der Waals surface area contributed by atoms with Gasteiger partial charge in [-0.2, -0.15) is 0 Å². The molecular formula is C19H18FNO2. The van der Waals surface area contributed by atoms with Crippen molar-refractivity contribution in [3.63, 3.8) is 0 Å². The molecule has 2 rings (SSSR count). The molecular weight excluding hydrogens is 293 g/mol. The summed E-state index contributed by atoms with van der Waals surface area (Å²) < 4.78 is 18.9. The number of nitrogens with zero attached hydrogens (tertiary/aromatic N) is 1. The summed E-state index contributed by atoms with van der Waals surface area (Å²) in [4.78, 5) is 15.0. The summed E-state index contributed by atoms with van der Waals surface area (Å²) in [5.74, 6) is -0.933. The van der Waals surface area contributed by atoms with Crippen LogP contribution in [0.1, 0.15) is 33.3 Å². The normalized spacial score (nSPS) is 12.1. The van der Waals surface area contributed by atoms with Crippen LogP contribution in [0, 0.1) is 12.4 Å². The van der Waals surface area contributed by atoms with Crippen molar-refractivity contribution >= 4 is 28.0 Å².